The summed E-state index contributed by atoms with van der Waals surface area (Å²) in [4.78, 5) is 18.0. The van der Waals surface area contributed by atoms with E-state index < -0.39 is 0 Å². The van der Waals surface area contributed by atoms with Gasteiger partial charge in [-0.1, -0.05) is 6.92 Å². The Hall–Kier alpha value is -2.21. The van der Waals surface area contributed by atoms with Crippen LogP contribution in [-0.4, -0.2) is 55.7 Å². The Kier molecular flexibility index (Phi) is 4.94. The van der Waals surface area contributed by atoms with E-state index >= 15 is 0 Å². The first kappa shape index (κ1) is 16.6. The highest BCUT2D eigenvalue weighted by molar-refractivity contribution is 5.98. The molecule has 6 nitrogen and oxygen atoms in total. The van der Waals surface area contributed by atoms with E-state index in [0.717, 1.165) is 30.4 Å². The van der Waals surface area contributed by atoms with Gasteiger partial charge in [0.05, 0.1) is 14.2 Å². The molecule has 1 saturated heterocycles. The third-order valence-electron chi connectivity index (χ3n) is 4.77. The predicted octanol–water partition coefficient (Wildman–Crippen LogP) is 2.40. The Bertz CT molecular complexity index is 685. The highest BCUT2D eigenvalue weighted by Gasteiger charge is 2.23. The Morgan fingerprint density at radius 2 is 2.04 bits per heavy atom. The lowest BCUT2D eigenvalue weighted by atomic mass is 10.2. The van der Waals surface area contributed by atoms with Crippen LogP contribution in [0.15, 0.2) is 18.2 Å². The molecule has 6 heteroatoms. The summed E-state index contributed by atoms with van der Waals surface area (Å²) in [7, 11) is 3.20. The summed E-state index contributed by atoms with van der Waals surface area (Å²) in [5, 5.41) is 3.97. The lowest BCUT2D eigenvalue weighted by molar-refractivity contribution is 0.0937. The zero-order valence-corrected chi connectivity index (χ0v) is 14.5. The molecule has 1 aromatic carbocycles. The fraction of sp³-hybridized carbons (Fsp3) is 0.500. The SMILES string of the molecule is CCN1CCCC1CNC(=O)c1cc2cc(OC)c(OC)cc2[nH]1. The predicted molar refractivity (Wildman–Crippen MR) is 94.0 cm³/mol. The van der Waals surface area contributed by atoms with Gasteiger partial charge in [-0.3, -0.25) is 9.69 Å². The van der Waals surface area contributed by atoms with Crippen LogP contribution in [0.5, 0.6) is 11.5 Å². The first-order valence-corrected chi connectivity index (χ1v) is 8.43. The minimum atomic E-state index is -0.0768. The number of nitrogens with one attached hydrogen (secondary N) is 2. The molecule has 24 heavy (non-hydrogen) atoms. The smallest absolute Gasteiger partial charge is 0.267 e. The average Bonchev–Trinajstić information content (AvgIpc) is 3.23. The average molecular weight is 331 g/mol. The number of amides is 1. The number of aromatic nitrogens is 1. The van der Waals surface area contributed by atoms with Crippen molar-refractivity contribution >= 4 is 16.8 Å². The van der Waals surface area contributed by atoms with E-state index in [1.165, 1.54) is 6.42 Å². The van der Waals surface area contributed by atoms with Crippen molar-refractivity contribution in [1.82, 2.24) is 15.2 Å². The van der Waals surface area contributed by atoms with Gasteiger partial charge in [0, 0.05) is 29.6 Å². The zero-order valence-electron chi connectivity index (χ0n) is 14.5. The van der Waals surface area contributed by atoms with Gasteiger partial charge >= 0.3 is 0 Å². The molecular formula is C18H25N3O3. The molecule has 2 N–H and O–H groups in total. The van der Waals surface area contributed by atoms with Crippen LogP contribution in [0.4, 0.5) is 0 Å². The summed E-state index contributed by atoms with van der Waals surface area (Å²) in [5.74, 6) is 1.22. The molecule has 0 bridgehead atoms. The largest absolute Gasteiger partial charge is 0.493 e. The molecule has 1 fully saturated rings. The molecule has 1 aliphatic heterocycles. The summed E-state index contributed by atoms with van der Waals surface area (Å²) in [5.41, 5.74) is 1.41. The van der Waals surface area contributed by atoms with Crippen molar-refractivity contribution in [1.29, 1.82) is 0 Å². The summed E-state index contributed by atoms with van der Waals surface area (Å²) >= 11 is 0. The van der Waals surface area contributed by atoms with Crippen LogP contribution in [0.3, 0.4) is 0 Å². The fourth-order valence-electron chi connectivity index (χ4n) is 3.43. The topological polar surface area (TPSA) is 66.6 Å². The van der Waals surface area contributed by atoms with Crippen LogP contribution in [0.2, 0.25) is 0 Å². The van der Waals surface area contributed by atoms with Crippen molar-refractivity contribution in [3.05, 3.63) is 23.9 Å². The number of rotatable bonds is 6. The number of hydrogen-bond acceptors (Lipinski definition) is 4. The summed E-state index contributed by atoms with van der Waals surface area (Å²) in [6, 6.07) is 6.01. The summed E-state index contributed by atoms with van der Waals surface area (Å²) in [6.45, 7) is 5.02. The van der Waals surface area contributed by atoms with Crippen LogP contribution < -0.4 is 14.8 Å². The van der Waals surface area contributed by atoms with E-state index in [1.54, 1.807) is 14.2 Å². The van der Waals surface area contributed by atoms with Gasteiger partial charge in [0.15, 0.2) is 11.5 Å². The first-order valence-electron chi connectivity index (χ1n) is 8.43. The van der Waals surface area contributed by atoms with Crippen LogP contribution >= 0.6 is 0 Å². The van der Waals surface area contributed by atoms with Crippen molar-refractivity contribution in [2.24, 2.45) is 0 Å². The van der Waals surface area contributed by atoms with Gasteiger partial charge < -0.3 is 19.8 Å². The monoisotopic (exact) mass is 331 g/mol. The van der Waals surface area contributed by atoms with Gasteiger partial charge in [-0.05, 0) is 38.1 Å². The number of H-pyrrole nitrogens is 1. The number of benzene rings is 1. The van der Waals surface area contributed by atoms with E-state index in [9.17, 15) is 4.79 Å². The quantitative estimate of drug-likeness (QED) is 0.853. The van der Waals surface area contributed by atoms with E-state index in [2.05, 4.69) is 22.1 Å². The summed E-state index contributed by atoms with van der Waals surface area (Å²) in [6.07, 6.45) is 2.36. The molecule has 1 aromatic heterocycles. The Morgan fingerprint density at radius 1 is 1.29 bits per heavy atom. The third kappa shape index (κ3) is 3.19. The minimum absolute atomic E-state index is 0.0768. The molecule has 0 radical (unpaired) electrons. The van der Waals surface area contributed by atoms with Gasteiger partial charge in [-0.15, -0.1) is 0 Å². The van der Waals surface area contributed by atoms with Crippen molar-refractivity contribution in [2.75, 3.05) is 33.9 Å². The number of hydrogen-bond donors (Lipinski definition) is 2. The highest BCUT2D eigenvalue weighted by atomic mass is 16.5. The first-order chi connectivity index (χ1) is 11.7. The van der Waals surface area contributed by atoms with Gasteiger partial charge in [-0.25, -0.2) is 0 Å². The van der Waals surface area contributed by atoms with Gasteiger partial charge in [0.25, 0.3) is 5.91 Å². The van der Waals surface area contributed by atoms with Gasteiger partial charge in [0.2, 0.25) is 0 Å². The van der Waals surface area contributed by atoms with Crippen LogP contribution in [-0.2, 0) is 0 Å². The van der Waals surface area contributed by atoms with E-state index in [4.69, 9.17) is 9.47 Å². The standard InChI is InChI=1S/C18H25N3O3/c1-4-21-7-5-6-13(21)11-19-18(22)15-8-12-9-16(23-2)17(24-3)10-14(12)20-15/h8-10,13,20H,4-7,11H2,1-3H3,(H,19,22). The molecule has 1 atom stereocenters. The highest BCUT2D eigenvalue weighted by Crippen LogP contribution is 2.32. The molecular weight excluding hydrogens is 306 g/mol. The molecule has 0 aliphatic carbocycles. The molecule has 0 saturated carbocycles. The number of likely N-dealkylation sites (tertiary alicyclic amines) is 1. The zero-order chi connectivity index (χ0) is 17.1. The van der Waals surface area contributed by atoms with E-state index in [1.807, 2.05) is 18.2 Å². The lowest BCUT2D eigenvalue weighted by Gasteiger charge is -2.22. The van der Waals surface area contributed by atoms with Crippen molar-refractivity contribution in [2.45, 2.75) is 25.8 Å². The minimum Gasteiger partial charge on any atom is -0.493 e. The molecule has 0 spiro atoms. The maximum absolute atomic E-state index is 12.5. The lowest BCUT2D eigenvalue weighted by Crippen LogP contribution is -2.40. The summed E-state index contributed by atoms with van der Waals surface area (Å²) < 4.78 is 10.6. The Morgan fingerprint density at radius 3 is 2.75 bits per heavy atom. The van der Waals surface area contributed by atoms with Crippen LogP contribution in [0, 0.1) is 0 Å². The van der Waals surface area contributed by atoms with Gasteiger partial charge in [0.1, 0.15) is 5.69 Å². The molecule has 1 amide bonds. The van der Waals surface area contributed by atoms with E-state index in [-0.39, 0.29) is 5.91 Å². The number of aromatic amines is 1. The Labute approximate surface area is 142 Å². The number of carbonyl (C=O) groups excluding carboxylic acids is 1. The molecule has 2 aromatic rings. The van der Waals surface area contributed by atoms with Crippen molar-refractivity contribution in [3.8, 4) is 11.5 Å². The van der Waals surface area contributed by atoms with Crippen molar-refractivity contribution in [3.63, 3.8) is 0 Å². The number of likely N-dealkylation sites (N-methyl/N-ethyl adjacent to an activating group) is 1. The van der Waals surface area contributed by atoms with Gasteiger partial charge in [-0.2, -0.15) is 0 Å². The number of ether oxygens (including phenoxy) is 2. The molecule has 3 rings (SSSR count). The maximum Gasteiger partial charge on any atom is 0.267 e. The van der Waals surface area contributed by atoms with Crippen LogP contribution in [0.1, 0.15) is 30.3 Å². The number of methoxy groups -OCH3 is 2. The third-order valence-corrected chi connectivity index (χ3v) is 4.77. The maximum atomic E-state index is 12.5. The number of nitrogens with zero attached hydrogens (tertiary/aromatic N) is 1. The van der Waals surface area contributed by atoms with Crippen molar-refractivity contribution < 1.29 is 14.3 Å². The normalized spacial score (nSPS) is 18.0. The number of fused-ring (bicyclic) bond motifs is 1. The molecule has 130 valence electrons. The second kappa shape index (κ2) is 7.13. The second-order valence-electron chi connectivity index (χ2n) is 6.11. The molecule has 2 heterocycles. The number of carbonyl (C=O) groups is 1. The van der Waals surface area contributed by atoms with E-state index in [0.29, 0.717) is 29.8 Å². The molecule has 1 unspecified atom stereocenters. The Balaban J connectivity index is 1.73. The second-order valence-corrected chi connectivity index (χ2v) is 6.11. The van der Waals surface area contributed by atoms with Crippen LogP contribution in [0.25, 0.3) is 10.9 Å². The fourth-order valence-corrected chi connectivity index (χ4v) is 3.43. The molecule has 1 aliphatic rings.